The van der Waals surface area contributed by atoms with Crippen molar-refractivity contribution in [2.24, 2.45) is 4.99 Å². The van der Waals surface area contributed by atoms with Crippen LogP contribution in [-0.4, -0.2) is 38.6 Å². The Morgan fingerprint density at radius 3 is 2.91 bits per heavy atom. The highest BCUT2D eigenvalue weighted by molar-refractivity contribution is 6.30. The summed E-state index contributed by atoms with van der Waals surface area (Å²) in [5, 5.41) is 11.7. The van der Waals surface area contributed by atoms with Gasteiger partial charge in [0.25, 0.3) is 5.69 Å². The zero-order valence-electron chi connectivity index (χ0n) is 17.5. The summed E-state index contributed by atoms with van der Waals surface area (Å²) in [5.74, 6) is 1.99. The number of aliphatic imine (C=N–C) groups is 1. The summed E-state index contributed by atoms with van der Waals surface area (Å²) in [6, 6.07) is 8.22. The van der Waals surface area contributed by atoms with Gasteiger partial charge in [0.1, 0.15) is 11.5 Å². The fourth-order valence-electron chi connectivity index (χ4n) is 4.22. The number of aromatic nitrogens is 2. The molecule has 2 aromatic heterocycles. The molecule has 0 spiro atoms. The first-order chi connectivity index (χ1) is 15.6. The molecule has 2 aliphatic heterocycles. The average molecular weight is 452 g/mol. The van der Waals surface area contributed by atoms with Crippen molar-refractivity contribution >= 4 is 23.0 Å². The molecule has 0 saturated carbocycles. The molecule has 0 atom stereocenters. The molecule has 3 aromatic rings. The van der Waals surface area contributed by atoms with E-state index in [0.29, 0.717) is 22.9 Å². The lowest BCUT2D eigenvalue weighted by Gasteiger charge is -2.27. The number of fused-ring (bicyclic) bond motifs is 1. The Bertz CT molecular complexity index is 1210. The Balaban J connectivity index is 1.30. The Kier molecular flexibility index (Phi) is 5.71. The fourth-order valence-corrected chi connectivity index (χ4v) is 4.39. The van der Waals surface area contributed by atoms with Crippen LogP contribution >= 0.6 is 11.6 Å². The maximum absolute atomic E-state index is 11.4. The molecule has 0 fully saturated rings. The van der Waals surface area contributed by atoms with Crippen molar-refractivity contribution in [3.8, 4) is 11.3 Å². The largest absolute Gasteiger partial charge is 0.459 e. The zero-order chi connectivity index (χ0) is 22.1. The smallest absolute Gasteiger partial charge is 0.281 e. The predicted molar refractivity (Wildman–Crippen MR) is 121 cm³/mol. The third-order valence-electron chi connectivity index (χ3n) is 5.86. The molecule has 0 amide bonds. The number of hydrogen-bond acceptors (Lipinski definition) is 7. The SMILES string of the molecule is O=[N+]([O-])c1cc(Cl)ccc1-c1ccc(CN2CCc3nc(C4=NCCCC4)ncc3C2)o1. The van der Waals surface area contributed by atoms with Gasteiger partial charge in [0.15, 0.2) is 5.82 Å². The second-order valence-corrected chi connectivity index (χ2v) is 8.53. The summed E-state index contributed by atoms with van der Waals surface area (Å²) in [5.41, 5.74) is 3.59. The molecule has 0 radical (unpaired) electrons. The van der Waals surface area contributed by atoms with Gasteiger partial charge in [0.05, 0.1) is 28.4 Å². The van der Waals surface area contributed by atoms with E-state index in [-0.39, 0.29) is 5.69 Å². The third kappa shape index (κ3) is 4.28. The van der Waals surface area contributed by atoms with E-state index in [1.54, 1.807) is 18.2 Å². The van der Waals surface area contributed by atoms with Crippen molar-refractivity contribution < 1.29 is 9.34 Å². The normalized spacial score (nSPS) is 16.5. The van der Waals surface area contributed by atoms with Crippen LogP contribution in [0.15, 0.2) is 45.9 Å². The Morgan fingerprint density at radius 2 is 2.09 bits per heavy atom. The van der Waals surface area contributed by atoms with E-state index in [4.69, 9.17) is 21.0 Å². The minimum absolute atomic E-state index is 0.0687. The van der Waals surface area contributed by atoms with Gasteiger partial charge in [0.2, 0.25) is 0 Å². The molecule has 9 heteroatoms. The highest BCUT2D eigenvalue weighted by atomic mass is 35.5. The van der Waals surface area contributed by atoms with Gasteiger partial charge in [-0.1, -0.05) is 11.6 Å². The molecule has 0 aliphatic carbocycles. The number of rotatable bonds is 5. The summed E-state index contributed by atoms with van der Waals surface area (Å²) in [4.78, 5) is 27.2. The van der Waals surface area contributed by atoms with Gasteiger partial charge in [-0.05, 0) is 43.5 Å². The summed E-state index contributed by atoms with van der Waals surface area (Å²) < 4.78 is 5.95. The number of hydrogen-bond donors (Lipinski definition) is 0. The van der Waals surface area contributed by atoms with Crippen LogP contribution in [0.1, 0.15) is 42.1 Å². The van der Waals surface area contributed by atoms with E-state index in [1.165, 1.54) is 6.07 Å². The minimum atomic E-state index is -0.446. The van der Waals surface area contributed by atoms with Crippen molar-refractivity contribution in [1.29, 1.82) is 0 Å². The molecular formula is C23H22ClN5O3. The summed E-state index contributed by atoms with van der Waals surface area (Å²) >= 11 is 5.92. The summed E-state index contributed by atoms with van der Waals surface area (Å²) in [6.45, 7) is 3.06. The van der Waals surface area contributed by atoms with Gasteiger partial charge in [-0.25, -0.2) is 9.97 Å². The van der Waals surface area contributed by atoms with Crippen LogP contribution in [0.2, 0.25) is 5.02 Å². The molecule has 0 saturated heterocycles. The first kappa shape index (κ1) is 20.8. The van der Waals surface area contributed by atoms with Crippen molar-refractivity contribution in [3.05, 3.63) is 74.5 Å². The van der Waals surface area contributed by atoms with E-state index < -0.39 is 4.92 Å². The first-order valence-electron chi connectivity index (χ1n) is 10.7. The predicted octanol–water partition coefficient (Wildman–Crippen LogP) is 4.83. The maximum Gasteiger partial charge on any atom is 0.281 e. The van der Waals surface area contributed by atoms with Crippen LogP contribution in [0.5, 0.6) is 0 Å². The van der Waals surface area contributed by atoms with E-state index in [0.717, 1.165) is 73.9 Å². The van der Waals surface area contributed by atoms with Gasteiger partial charge in [-0.3, -0.25) is 20.0 Å². The van der Waals surface area contributed by atoms with E-state index in [2.05, 4.69) is 14.9 Å². The van der Waals surface area contributed by atoms with E-state index in [9.17, 15) is 10.1 Å². The van der Waals surface area contributed by atoms with Crippen molar-refractivity contribution in [2.75, 3.05) is 13.1 Å². The lowest BCUT2D eigenvalue weighted by atomic mass is 10.1. The number of benzene rings is 1. The Morgan fingerprint density at radius 1 is 1.19 bits per heavy atom. The molecule has 1 aromatic carbocycles. The number of nitro benzene ring substituents is 1. The van der Waals surface area contributed by atoms with Crippen LogP contribution in [0.3, 0.4) is 0 Å². The molecular weight excluding hydrogens is 430 g/mol. The first-order valence-corrected chi connectivity index (χ1v) is 11.1. The van der Waals surface area contributed by atoms with Gasteiger partial charge >= 0.3 is 0 Å². The minimum Gasteiger partial charge on any atom is -0.459 e. The zero-order valence-corrected chi connectivity index (χ0v) is 18.2. The number of halogens is 1. The molecule has 32 heavy (non-hydrogen) atoms. The van der Waals surface area contributed by atoms with Gasteiger partial charge in [-0.2, -0.15) is 0 Å². The lowest BCUT2D eigenvalue weighted by Crippen LogP contribution is -2.31. The maximum atomic E-state index is 11.4. The Hall–Kier alpha value is -3.10. The van der Waals surface area contributed by atoms with Crippen molar-refractivity contribution in [1.82, 2.24) is 14.9 Å². The second kappa shape index (κ2) is 8.80. The standard InChI is InChI=1S/C23H22ClN5O3/c24-16-4-6-18(21(11-16)29(30)31)22-7-5-17(32-22)14-28-10-8-19-15(13-28)12-26-23(27-19)20-3-1-2-9-25-20/h4-7,11-12H,1-3,8-10,13-14H2. The van der Waals surface area contributed by atoms with Gasteiger partial charge in [0, 0.05) is 48.9 Å². The van der Waals surface area contributed by atoms with Gasteiger partial charge in [-0.15, -0.1) is 0 Å². The summed E-state index contributed by atoms with van der Waals surface area (Å²) in [7, 11) is 0. The molecule has 8 nitrogen and oxygen atoms in total. The third-order valence-corrected chi connectivity index (χ3v) is 6.09. The van der Waals surface area contributed by atoms with Crippen LogP contribution in [0.25, 0.3) is 11.3 Å². The lowest BCUT2D eigenvalue weighted by molar-refractivity contribution is -0.384. The average Bonchev–Trinajstić information content (AvgIpc) is 3.27. The quantitative estimate of drug-likeness (QED) is 0.407. The highest BCUT2D eigenvalue weighted by Crippen LogP contribution is 2.33. The summed E-state index contributed by atoms with van der Waals surface area (Å²) in [6.07, 6.45) is 6.01. The number of furan rings is 1. The molecule has 4 heterocycles. The molecule has 2 aliphatic rings. The molecule has 0 unspecified atom stereocenters. The van der Waals surface area contributed by atoms with Gasteiger partial charge < -0.3 is 4.42 Å². The van der Waals surface area contributed by atoms with E-state index >= 15 is 0 Å². The number of nitrogens with zero attached hydrogens (tertiary/aromatic N) is 5. The van der Waals surface area contributed by atoms with Crippen molar-refractivity contribution in [3.63, 3.8) is 0 Å². The molecule has 164 valence electrons. The van der Waals surface area contributed by atoms with Crippen LogP contribution in [-0.2, 0) is 19.5 Å². The second-order valence-electron chi connectivity index (χ2n) is 8.10. The van der Waals surface area contributed by atoms with Crippen LogP contribution in [0, 0.1) is 10.1 Å². The number of nitro groups is 1. The fraction of sp³-hybridized carbons (Fsp3) is 0.348. The monoisotopic (exact) mass is 451 g/mol. The topological polar surface area (TPSA) is 97.7 Å². The molecule has 5 rings (SSSR count). The molecule has 0 bridgehead atoms. The highest BCUT2D eigenvalue weighted by Gasteiger charge is 2.23. The van der Waals surface area contributed by atoms with Crippen LogP contribution < -0.4 is 0 Å². The Labute approximate surface area is 190 Å². The van der Waals surface area contributed by atoms with Crippen LogP contribution in [0.4, 0.5) is 5.69 Å². The van der Waals surface area contributed by atoms with Crippen molar-refractivity contribution in [2.45, 2.75) is 38.8 Å². The molecule has 0 N–H and O–H groups in total. The van der Waals surface area contributed by atoms with E-state index in [1.807, 2.05) is 12.3 Å².